The first-order valence-electron chi connectivity index (χ1n) is 10.4. The molecule has 2 heterocycles. The van der Waals surface area contributed by atoms with Gasteiger partial charge in [-0.1, -0.05) is 43.3 Å². The summed E-state index contributed by atoms with van der Waals surface area (Å²) < 4.78 is 23.0. The minimum Gasteiger partial charge on any atom is -0.493 e. The molecule has 0 fully saturated rings. The van der Waals surface area contributed by atoms with Crippen LogP contribution in [0.15, 0.2) is 41.6 Å². The van der Waals surface area contributed by atoms with Crippen molar-refractivity contribution in [2.75, 3.05) is 32.4 Å². The molecule has 1 aliphatic heterocycles. The van der Waals surface area contributed by atoms with E-state index < -0.39 is 6.23 Å². The van der Waals surface area contributed by atoms with Gasteiger partial charge in [0.1, 0.15) is 0 Å². The van der Waals surface area contributed by atoms with Gasteiger partial charge in [-0.05, 0) is 24.6 Å². The molecule has 4 rings (SSSR count). The lowest BCUT2D eigenvalue weighted by molar-refractivity contribution is 0.217. The molecule has 9 heteroatoms. The molecule has 2 aromatic carbocycles. The third-order valence-corrected chi connectivity index (χ3v) is 6.00. The van der Waals surface area contributed by atoms with Crippen LogP contribution >= 0.6 is 11.8 Å². The zero-order valence-electron chi connectivity index (χ0n) is 18.5. The van der Waals surface area contributed by atoms with Crippen LogP contribution < -0.4 is 24.3 Å². The molecule has 1 aromatic heterocycles. The summed E-state index contributed by atoms with van der Waals surface area (Å²) in [5.41, 5.74) is 3.06. The second kappa shape index (κ2) is 9.95. The first-order valence-corrected chi connectivity index (χ1v) is 11.4. The average molecular weight is 455 g/mol. The van der Waals surface area contributed by atoms with E-state index in [0.717, 1.165) is 35.4 Å². The van der Waals surface area contributed by atoms with E-state index in [2.05, 4.69) is 27.4 Å². The Morgan fingerprint density at radius 1 is 1.00 bits per heavy atom. The first kappa shape index (κ1) is 22.0. The Morgan fingerprint density at radius 3 is 2.56 bits per heavy atom. The Hall–Kier alpha value is -3.20. The molecule has 3 aromatic rings. The number of ether oxygens (including phenoxy) is 4. The van der Waals surface area contributed by atoms with Gasteiger partial charge < -0.3 is 24.3 Å². The number of hydrogen-bond acceptors (Lipinski definition) is 9. The van der Waals surface area contributed by atoms with Gasteiger partial charge in [0.2, 0.25) is 23.0 Å². The van der Waals surface area contributed by atoms with E-state index >= 15 is 0 Å². The van der Waals surface area contributed by atoms with Crippen LogP contribution in [0.2, 0.25) is 0 Å². The van der Waals surface area contributed by atoms with Gasteiger partial charge in [0.15, 0.2) is 17.2 Å². The van der Waals surface area contributed by atoms with E-state index in [1.807, 2.05) is 36.4 Å². The Kier molecular flexibility index (Phi) is 6.84. The van der Waals surface area contributed by atoms with E-state index in [0.29, 0.717) is 34.0 Å². The number of methoxy groups -OCH3 is 3. The van der Waals surface area contributed by atoms with Crippen molar-refractivity contribution in [1.29, 1.82) is 0 Å². The van der Waals surface area contributed by atoms with Gasteiger partial charge in [0.05, 0.1) is 26.9 Å². The van der Waals surface area contributed by atoms with E-state index in [9.17, 15) is 0 Å². The maximum Gasteiger partial charge on any atom is 0.247 e. The summed E-state index contributed by atoms with van der Waals surface area (Å²) in [6.07, 6.45) is 1.60. The van der Waals surface area contributed by atoms with E-state index in [4.69, 9.17) is 18.9 Å². The summed E-state index contributed by atoms with van der Waals surface area (Å²) in [7, 11) is 4.75. The number of para-hydroxylation sites is 1. The number of anilines is 1. The zero-order valence-corrected chi connectivity index (χ0v) is 19.4. The molecule has 0 amide bonds. The number of nitrogens with zero attached hydrogens (tertiary/aromatic N) is 3. The molecule has 0 radical (unpaired) electrons. The molecule has 1 aliphatic rings. The topological polar surface area (TPSA) is 87.6 Å². The molecule has 32 heavy (non-hydrogen) atoms. The largest absolute Gasteiger partial charge is 0.493 e. The molecule has 8 nitrogen and oxygen atoms in total. The summed E-state index contributed by atoms with van der Waals surface area (Å²) >= 11 is 1.58. The molecule has 168 valence electrons. The highest BCUT2D eigenvalue weighted by atomic mass is 32.2. The average Bonchev–Trinajstić information content (AvgIpc) is 2.99. The Morgan fingerprint density at radius 2 is 1.81 bits per heavy atom. The van der Waals surface area contributed by atoms with Crippen LogP contribution in [0.1, 0.15) is 31.6 Å². The number of aromatic nitrogens is 3. The highest BCUT2D eigenvalue weighted by molar-refractivity contribution is 7.99. The van der Waals surface area contributed by atoms with Gasteiger partial charge in [-0.2, -0.15) is 4.98 Å². The van der Waals surface area contributed by atoms with E-state index in [-0.39, 0.29) is 0 Å². The first-order chi connectivity index (χ1) is 15.7. The minimum atomic E-state index is -0.600. The molecule has 1 atom stereocenters. The number of unbranched alkanes of at least 4 members (excludes halogenated alkanes) is 1. The standard InChI is InChI=1S/C23H26N4O4S/c1-5-6-13-32-23-25-22-18(26-27-23)14-9-7-8-10-16(14)24-21(31-22)15-11-12-17(28-2)20(30-4)19(15)29-3/h7-12,21,24H,5-6,13H2,1-4H3/t21-/m1/s1. The van der Waals surface area contributed by atoms with Crippen molar-refractivity contribution in [3.05, 3.63) is 42.0 Å². The number of benzene rings is 2. The fourth-order valence-electron chi connectivity index (χ4n) is 3.49. The van der Waals surface area contributed by atoms with Crippen molar-refractivity contribution < 1.29 is 18.9 Å². The van der Waals surface area contributed by atoms with Crippen LogP contribution in [0.4, 0.5) is 5.69 Å². The van der Waals surface area contributed by atoms with Crippen LogP contribution in [0.3, 0.4) is 0 Å². The molecular formula is C23H26N4O4S. The van der Waals surface area contributed by atoms with Crippen LogP contribution in [0.25, 0.3) is 11.3 Å². The van der Waals surface area contributed by atoms with Crippen LogP contribution in [-0.4, -0.2) is 42.3 Å². The van der Waals surface area contributed by atoms with Crippen molar-refractivity contribution >= 4 is 17.4 Å². The lowest BCUT2D eigenvalue weighted by Gasteiger charge is -2.23. The van der Waals surface area contributed by atoms with Crippen LogP contribution in [0.5, 0.6) is 23.1 Å². The van der Waals surface area contributed by atoms with Crippen LogP contribution in [0, 0.1) is 0 Å². The third-order valence-electron chi connectivity index (χ3n) is 5.08. The lowest BCUT2D eigenvalue weighted by atomic mass is 10.1. The second-order valence-corrected chi connectivity index (χ2v) is 8.12. The van der Waals surface area contributed by atoms with E-state index in [1.165, 1.54) is 0 Å². The molecule has 0 bridgehead atoms. The predicted octanol–water partition coefficient (Wildman–Crippen LogP) is 4.96. The van der Waals surface area contributed by atoms with Crippen molar-refractivity contribution in [2.24, 2.45) is 0 Å². The summed E-state index contributed by atoms with van der Waals surface area (Å²) in [4.78, 5) is 4.68. The number of fused-ring (bicyclic) bond motifs is 3. The molecule has 0 spiro atoms. The van der Waals surface area contributed by atoms with Crippen molar-refractivity contribution in [2.45, 2.75) is 31.1 Å². The smallest absolute Gasteiger partial charge is 0.247 e. The van der Waals surface area contributed by atoms with E-state index in [1.54, 1.807) is 33.1 Å². The summed E-state index contributed by atoms with van der Waals surface area (Å²) in [5, 5.41) is 12.8. The lowest BCUT2D eigenvalue weighted by Crippen LogP contribution is -2.18. The Balaban J connectivity index is 1.80. The van der Waals surface area contributed by atoms with Gasteiger partial charge in [0.25, 0.3) is 0 Å². The quantitative estimate of drug-likeness (QED) is 0.375. The predicted molar refractivity (Wildman–Crippen MR) is 124 cm³/mol. The molecule has 0 unspecified atom stereocenters. The number of hydrogen-bond donors (Lipinski definition) is 1. The third kappa shape index (κ3) is 4.25. The normalized spacial score (nSPS) is 14.3. The molecule has 0 saturated carbocycles. The van der Waals surface area contributed by atoms with Crippen LogP contribution in [-0.2, 0) is 0 Å². The van der Waals surface area contributed by atoms with Crippen molar-refractivity contribution in [3.63, 3.8) is 0 Å². The number of thioether (sulfide) groups is 1. The fourth-order valence-corrected chi connectivity index (χ4v) is 4.35. The highest BCUT2D eigenvalue weighted by Gasteiger charge is 2.30. The van der Waals surface area contributed by atoms with Gasteiger partial charge in [-0.3, -0.25) is 0 Å². The molecule has 0 aliphatic carbocycles. The van der Waals surface area contributed by atoms with Crippen molar-refractivity contribution in [3.8, 4) is 34.4 Å². The van der Waals surface area contributed by atoms with Crippen molar-refractivity contribution in [1.82, 2.24) is 15.2 Å². The Labute approximate surface area is 191 Å². The maximum absolute atomic E-state index is 6.37. The zero-order chi connectivity index (χ0) is 22.5. The maximum atomic E-state index is 6.37. The summed E-state index contributed by atoms with van der Waals surface area (Å²) in [6, 6.07) is 11.6. The SMILES string of the molecule is CCCCSc1nnc2c(n1)O[C@H](c1ccc(OC)c(OC)c1OC)Nc1ccccc1-2. The molecule has 0 saturated heterocycles. The van der Waals surface area contributed by atoms with Gasteiger partial charge in [-0.15, -0.1) is 10.2 Å². The van der Waals surface area contributed by atoms with Gasteiger partial charge >= 0.3 is 0 Å². The number of rotatable bonds is 8. The minimum absolute atomic E-state index is 0.415. The molecular weight excluding hydrogens is 428 g/mol. The fraction of sp³-hybridized carbons (Fsp3) is 0.348. The number of nitrogens with one attached hydrogen (secondary N) is 1. The monoisotopic (exact) mass is 454 g/mol. The van der Waals surface area contributed by atoms with Gasteiger partial charge in [0, 0.05) is 17.0 Å². The summed E-state index contributed by atoms with van der Waals surface area (Å²) in [6.45, 7) is 2.16. The van der Waals surface area contributed by atoms with Gasteiger partial charge in [-0.25, -0.2) is 0 Å². The highest BCUT2D eigenvalue weighted by Crippen LogP contribution is 2.46. The Bertz CT molecular complexity index is 1100. The second-order valence-electron chi connectivity index (χ2n) is 7.06. The molecule has 1 N–H and O–H groups in total. The summed E-state index contributed by atoms with van der Waals surface area (Å²) in [5.74, 6) is 2.93.